The topological polar surface area (TPSA) is 53.2 Å². The van der Waals surface area contributed by atoms with Crippen molar-refractivity contribution in [2.75, 3.05) is 6.61 Å². The van der Waals surface area contributed by atoms with E-state index in [-0.39, 0.29) is 0 Å². The van der Waals surface area contributed by atoms with E-state index < -0.39 is 5.60 Å². The second-order valence-electron chi connectivity index (χ2n) is 5.64. The van der Waals surface area contributed by atoms with Gasteiger partial charge in [-0.2, -0.15) is 5.26 Å². The first-order chi connectivity index (χ1) is 10.7. The second kappa shape index (κ2) is 7.82. The van der Waals surface area contributed by atoms with Gasteiger partial charge in [0.25, 0.3) is 0 Å². The third-order valence-corrected chi connectivity index (χ3v) is 3.82. The van der Waals surface area contributed by atoms with Crippen LogP contribution in [0, 0.1) is 11.3 Å². The third kappa shape index (κ3) is 4.22. The Balaban J connectivity index is 2.04. The van der Waals surface area contributed by atoms with E-state index in [0.29, 0.717) is 6.42 Å². The molecule has 1 aromatic carbocycles. The van der Waals surface area contributed by atoms with Gasteiger partial charge in [-0.3, -0.25) is 0 Å². The Morgan fingerprint density at radius 2 is 2.09 bits per heavy atom. The fourth-order valence-corrected chi connectivity index (χ4v) is 2.45. The van der Waals surface area contributed by atoms with Gasteiger partial charge in [-0.1, -0.05) is 56.5 Å². The van der Waals surface area contributed by atoms with E-state index in [0.717, 1.165) is 29.9 Å². The molecule has 3 nitrogen and oxygen atoms in total. The molecular formula is C19H23NO2. The molecule has 0 aromatic heterocycles. The van der Waals surface area contributed by atoms with Gasteiger partial charge in [-0.05, 0) is 24.1 Å². The van der Waals surface area contributed by atoms with Crippen molar-refractivity contribution in [1.29, 1.82) is 5.26 Å². The highest BCUT2D eigenvalue weighted by Crippen LogP contribution is 2.32. The molecule has 2 rings (SSSR count). The van der Waals surface area contributed by atoms with Crippen LogP contribution in [0.3, 0.4) is 0 Å². The molecule has 0 saturated carbocycles. The first kappa shape index (κ1) is 16.3. The van der Waals surface area contributed by atoms with E-state index >= 15 is 0 Å². The molecule has 0 aliphatic heterocycles. The van der Waals surface area contributed by atoms with Crippen molar-refractivity contribution in [2.24, 2.45) is 0 Å². The number of unbranched alkanes of at least 4 members (excludes halogenated alkanes) is 3. The average molecular weight is 297 g/mol. The molecule has 1 atom stereocenters. The molecule has 0 radical (unpaired) electrons. The summed E-state index contributed by atoms with van der Waals surface area (Å²) in [6.07, 6.45) is 10.3. The molecule has 22 heavy (non-hydrogen) atoms. The number of benzene rings is 1. The van der Waals surface area contributed by atoms with Crippen molar-refractivity contribution in [2.45, 2.75) is 44.6 Å². The number of hydrogen-bond acceptors (Lipinski definition) is 3. The van der Waals surface area contributed by atoms with Gasteiger partial charge in [0.15, 0.2) is 5.60 Å². The van der Waals surface area contributed by atoms with Crippen molar-refractivity contribution in [3.63, 3.8) is 0 Å². The third-order valence-electron chi connectivity index (χ3n) is 3.82. The lowest BCUT2D eigenvalue weighted by molar-refractivity contribution is 0.153. The molecule has 0 fully saturated rings. The van der Waals surface area contributed by atoms with Crippen molar-refractivity contribution >= 4 is 5.57 Å². The zero-order chi connectivity index (χ0) is 15.8. The number of aliphatic hydroxyl groups is 1. The first-order valence-electron chi connectivity index (χ1n) is 7.94. The molecule has 116 valence electrons. The van der Waals surface area contributed by atoms with E-state index in [1.165, 1.54) is 19.3 Å². The number of nitrogens with zero attached hydrogens (tertiary/aromatic N) is 1. The second-order valence-corrected chi connectivity index (χ2v) is 5.64. The zero-order valence-electron chi connectivity index (χ0n) is 13.1. The summed E-state index contributed by atoms with van der Waals surface area (Å²) in [6, 6.07) is 9.82. The SMILES string of the molecule is CCCCCCOc1ccccc1C1=CCC(O)(C#N)C=C1. The lowest BCUT2D eigenvalue weighted by atomic mass is 9.90. The highest BCUT2D eigenvalue weighted by Gasteiger charge is 2.25. The first-order valence-corrected chi connectivity index (χ1v) is 7.94. The van der Waals surface area contributed by atoms with Gasteiger partial charge < -0.3 is 9.84 Å². The average Bonchev–Trinajstić information content (AvgIpc) is 2.56. The normalized spacial score (nSPS) is 20.3. The highest BCUT2D eigenvalue weighted by atomic mass is 16.5. The predicted molar refractivity (Wildman–Crippen MR) is 88.4 cm³/mol. The number of rotatable bonds is 7. The smallest absolute Gasteiger partial charge is 0.173 e. The Morgan fingerprint density at radius 3 is 2.77 bits per heavy atom. The Labute approximate surface area is 132 Å². The van der Waals surface area contributed by atoms with Gasteiger partial charge in [0.1, 0.15) is 11.8 Å². The van der Waals surface area contributed by atoms with Crippen LogP contribution in [0.1, 0.15) is 44.6 Å². The summed E-state index contributed by atoms with van der Waals surface area (Å²) in [5.74, 6) is 0.859. The number of hydrogen-bond donors (Lipinski definition) is 1. The van der Waals surface area contributed by atoms with Crippen molar-refractivity contribution < 1.29 is 9.84 Å². The fraction of sp³-hybridized carbons (Fsp3) is 0.421. The summed E-state index contributed by atoms with van der Waals surface area (Å²) in [6.45, 7) is 2.91. The molecule has 1 aliphatic carbocycles. The minimum atomic E-state index is -1.38. The van der Waals surface area contributed by atoms with Crippen LogP contribution in [0.5, 0.6) is 5.75 Å². The van der Waals surface area contributed by atoms with Crippen molar-refractivity contribution in [1.82, 2.24) is 0 Å². The van der Waals surface area contributed by atoms with Gasteiger partial charge in [0, 0.05) is 12.0 Å². The molecule has 0 saturated heterocycles. The number of para-hydroxylation sites is 1. The maximum atomic E-state index is 9.91. The van der Waals surface area contributed by atoms with Crippen LogP contribution in [-0.4, -0.2) is 17.3 Å². The van der Waals surface area contributed by atoms with E-state index in [1.807, 2.05) is 36.4 Å². The fourth-order valence-electron chi connectivity index (χ4n) is 2.45. The summed E-state index contributed by atoms with van der Waals surface area (Å²) >= 11 is 0. The summed E-state index contributed by atoms with van der Waals surface area (Å²) < 4.78 is 5.91. The van der Waals surface area contributed by atoms with Gasteiger partial charge in [0.2, 0.25) is 0 Å². The van der Waals surface area contributed by atoms with E-state index in [1.54, 1.807) is 12.2 Å². The Kier molecular flexibility index (Phi) is 5.80. The van der Waals surface area contributed by atoms with Gasteiger partial charge in [-0.15, -0.1) is 0 Å². The van der Waals surface area contributed by atoms with Crippen LogP contribution in [0.4, 0.5) is 0 Å². The predicted octanol–water partition coefficient (Wildman–Crippen LogP) is 4.24. The highest BCUT2D eigenvalue weighted by molar-refractivity contribution is 5.79. The molecule has 0 amide bonds. The molecule has 3 heteroatoms. The Morgan fingerprint density at radius 1 is 1.27 bits per heavy atom. The summed E-state index contributed by atoms with van der Waals surface area (Å²) in [4.78, 5) is 0. The van der Waals surface area contributed by atoms with Gasteiger partial charge in [-0.25, -0.2) is 0 Å². The Hall–Kier alpha value is -2.05. The van der Waals surface area contributed by atoms with Crippen LogP contribution >= 0.6 is 0 Å². The molecule has 1 unspecified atom stereocenters. The molecule has 0 spiro atoms. The van der Waals surface area contributed by atoms with Gasteiger partial charge in [0.05, 0.1) is 6.61 Å². The number of ether oxygens (including phenoxy) is 1. The van der Waals surface area contributed by atoms with Crippen molar-refractivity contribution in [3.05, 3.63) is 48.1 Å². The van der Waals surface area contributed by atoms with Crippen LogP contribution in [0.15, 0.2) is 42.5 Å². The lowest BCUT2D eigenvalue weighted by Gasteiger charge is -2.20. The summed E-state index contributed by atoms with van der Waals surface area (Å²) in [7, 11) is 0. The molecule has 1 N–H and O–H groups in total. The summed E-state index contributed by atoms with van der Waals surface area (Å²) in [5.41, 5.74) is 0.623. The zero-order valence-corrected chi connectivity index (χ0v) is 13.1. The minimum Gasteiger partial charge on any atom is -0.493 e. The minimum absolute atomic E-state index is 0.306. The van der Waals surface area contributed by atoms with Crippen LogP contribution in [0.2, 0.25) is 0 Å². The molecule has 0 heterocycles. The van der Waals surface area contributed by atoms with Crippen LogP contribution < -0.4 is 4.74 Å². The van der Waals surface area contributed by atoms with Crippen LogP contribution in [0.25, 0.3) is 5.57 Å². The monoisotopic (exact) mass is 297 g/mol. The standard InChI is InChI=1S/C19H23NO2/c1-2-3-4-7-14-22-18-9-6-5-8-17(18)16-10-12-19(21,15-20)13-11-16/h5-6,8-12,21H,2-4,7,13-14H2,1H3. The number of nitriles is 1. The molecule has 0 bridgehead atoms. The lowest BCUT2D eigenvalue weighted by Crippen LogP contribution is -2.23. The largest absolute Gasteiger partial charge is 0.493 e. The van der Waals surface area contributed by atoms with E-state index in [9.17, 15) is 5.11 Å². The summed E-state index contributed by atoms with van der Waals surface area (Å²) in [5, 5.41) is 18.9. The van der Waals surface area contributed by atoms with Crippen LogP contribution in [-0.2, 0) is 0 Å². The molecule has 1 aliphatic rings. The maximum absolute atomic E-state index is 9.91. The van der Waals surface area contributed by atoms with E-state index in [4.69, 9.17) is 10.00 Å². The molecular weight excluding hydrogens is 274 g/mol. The number of allylic oxidation sites excluding steroid dienone is 2. The Bertz CT molecular complexity index is 598. The van der Waals surface area contributed by atoms with Gasteiger partial charge >= 0.3 is 0 Å². The quantitative estimate of drug-likeness (QED) is 0.605. The van der Waals surface area contributed by atoms with Crippen molar-refractivity contribution in [3.8, 4) is 11.8 Å². The maximum Gasteiger partial charge on any atom is 0.173 e. The van der Waals surface area contributed by atoms with E-state index in [2.05, 4.69) is 6.92 Å². The molecule has 1 aromatic rings.